The second-order valence-electron chi connectivity index (χ2n) is 6.91. The lowest BCUT2D eigenvalue weighted by Crippen LogP contribution is -2.26. The summed E-state index contributed by atoms with van der Waals surface area (Å²) in [5.41, 5.74) is 1.89. The number of halogens is 1. The van der Waals surface area contributed by atoms with E-state index < -0.39 is 0 Å². The van der Waals surface area contributed by atoms with Crippen LogP contribution in [0.3, 0.4) is 0 Å². The van der Waals surface area contributed by atoms with Crippen molar-refractivity contribution in [1.82, 2.24) is 20.0 Å². The largest absolute Gasteiger partial charge is 0.307 e. The molecule has 4 rings (SSSR count). The molecule has 0 unspecified atom stereocenters. The van der Waals surface area contributed by atoms with Crippen LogP contribution in [0, 0.1) is 16.7 Å². The highest BCUT2D eigenvalue weighted by molar-refractivity contribution is 6.33. The Morgan fingerprint density at radius 1 is 1.48 bits per heavy atom. The van der Waals surface area contributed by atoms with Crippen molar-refractivity contribution in [3.8, 4) is 6.07 Å². The first-order valence-electron chi connectivity index (χ1n) is 8.07. The average molecular weight is 331 g/mol. The van der Waals surface area contributed by atoms with Crippen molar-refractivity contribution < 1.29 is 0 Å². The fraction of sp³-hybridized carbons (Fsp3) is 0.562. The molecule has 0 spiro atoms. The second kappa shape index (κ2) is 5.27. The molecule has 2 aromatic heterocycles. The molecule has 1 fully saturated rings. The van der Waals surface area contributed by atoms with Crippen LogP contribution in [0.25, 0.3) is 0 Å². The van der Waals surface area contributed by atoms with E-state index in [4.69, 9.17) is 16.7 Å². The summed E-state index contributed by atoms with van der Waals surface area (Å²) >= 11 is 6.66. The van der Waals surface area contributed by atoms with E-state index >= 15 is 0 Å². The molecule has 0 aromatic carbocycles. The quantitative estimate of drug-likeness (QED) is 0.932. The molecule has 1 aliphatic carbocycles. The van der Waals surface area contributed by atoms with Crippen molar-refractivity contribution in [1.29, 1.82) is 5.26 Å². The van der Waals surface area contributed by atoms with Crippen molar-refractivity contribution in [2.45, 2.75) is 45.6 Å². The number of aryl methyl sites for hydroxylation is 1. The third-order valence-electron chi connectivity index (χ3n) is 4.92. The minimum absolute atomic E-state index is 0.255. The van der Waals surface area contributed by atoms with Crippen molar-refractivity contribution in [3.63, 3.8) is 0 Å². The fourth-order valence-electron chi connectivity index (χ4n) is 3.19. The molecule has 2 aliphatic rings. The fourth-order valence-corrected chi connectivity index (χ4v) is 3.52. The van der Waals surface area contributed by atoms with Gasteiger partial charge in [-0.1, -0.05) is 18.5 Å². The Morgan fingerprint density at radius 3 is 3.00 bits per heavy atom. The van der Waals surface area contributed by atoms with Gasteiger partial charge in [-0.25, -0.2) is 0 Å². The Labute approximate surface area is 140 Å². The molecule has 6 nitrogen and oxygen atoms in total. The highest BCUT2D eigenvalue weighted by Gasteiger charge is 2.41. The minimum Gasteiger partial charge on any atom is -0.307 e. The molecule has 0 saturated heterocycles. The second-order valence-corrected chi connectivity index (χ2v) is 7.28. The Morgan fingerprint density at radius 2 is 2.30 bits per heavy atom. The molecular formula is C16H19ClN6. The van der Waals surface area contributed by atoms with E-state index in [9.17, 15) is 5.26 Å². The first-order chi connectivity index (χ1) is 11.1. The number of aromatic nitrogens is 4. The van der Waals surface area contributed by atoms with Crippen molar-refractivity contribution in [2.75, 3.05) is 11.4 Å². The summed E-state index contributed by atoms with van der Waals surface area (Å²) in [6.45, 7) is 3.96. The van der Waals surface area contributed by atoms with Crippen molar-refractivity contribution >= 4 is 23.2 Å². The highest BCUT2D eigenvalue weighted by atomic mass is 35.5. The monoisotopic (exact) mass is 330 g/mol. The Hall–Kier alpha value is -2.00. The molecule has 1 saturated carbocycles. The summed E-state index contributed by atoms with van der Waals surface area (Å²) in [6, 6.07) is 2.20. The maximum atomic E-state index is 9.35. The SMILES string of the molecule is CC1(CN(c2nn3c(c2Cl)CCCC3)c2[nH]ncc2C#N)CC1. The normalized spacial score (nSPS) is 18.3. The Bertz CT molecular complexity index is 779. The first kappa shape index (κ1) is 14.6. The van der Waals surface area contributed by atoms with Gasteiger partial charge in [0.15, 0.2) is 5.82 Å². The zero-order valence-electron chi connectivity index (χ0n) is 13.1. The third kappa shape index (κ3) is 2.49. The zero-order valence-corrected chi connectivity index (χ0v) is 13.9. The number of nitrogens with one attached hydrogen (secondary N) is 1. The third-order valence-corrected chi connectivity index (χ3v) is 5.31. The predicted molar refractivity (Wildman–Crippen MR) is 87.8 cm³/mol. The van der Waals surface area contributed by atoms with Gasteiger partial charge in [0.2, 0.25) is 0 Å². The molecule has 3 heterocycles. The van der Waals surface area contributed by atoms with Crippen LogP contribution in [-0.2, 0) is 13.0 Å². The molecule has 120 valence electrons. The Balaban J connectivity index is 1.79. The van der Waals surface area contributed by atoms with Gasteiger partial charge in [0.25, 0.3) is 0 Å². The van der Waals surface area contributed by atoms with Crippen LogP contribution in [0.4, 0.5) is 11.6 Å². The van der Waals surface area contributed by atoms with Gasteiger partial charge in [-0.15, -0.1) is 0 Å². The number of anilines is 2. The van der Waals surface area contributed by atoms with Crippen LogP contribution in [0.15, 0.2) is 6.20 Å². The maximum absolute atomic E-state index is 9.35. The molecule has 0 radical (unpaired) electrons. The smallest absolute Gasteiger partial charge is 0.175 e. The molecule has 7 heteroatoms. The van der Waals surface area contributed by atoms with Crippen LogP contribution >= 0.6 is 11.6 Å². The number of hydrogen-bond acceptors (Lipinski definition) is 4. The lowest BCUT2D eigenvalue weighted by atomic mass is 10.1. The first-order valence-corrected chi connectivity index (χ1v) is 8.45. The molecule has 0 amide bonds. The maximum Gasteiger partial charge on any atom is 0.175 e. The highest BCUT2D eigenvalue weighted by Crippen LogP contribution is 2.48. The lowest BCUT2D eigenvalue weighted by Gasteiger charge is -2.24. The van der Waals surface area contributed by atoms with Gasteiger partial charge in [0, 0.05) is 13.1 Å². The number of hydrogen-bond donors (Lipinski definition) is 1. The molecule has 23 heavy (non-hydrogen) atoms. The van der Waals surface area contributed by atoms with Crippen LogP contribution in [-0.4, -0.2) is 26.5 Å². The number of aromatic amines is 1. The summed E-state index contributed by atoms with van der Waals surface area (Å²) in [7, 11) is 0. The van der Waals surface area contributed by atoms with Crippen LogP contribution in [0.5, 0.6) is 0 Å². The standard InChI is InChI=1S/C16H19ClN6/c1-16(5-6-16)10-22(14-11(8-18)9-19-20-14)15-13(17)12-4-2-3-7-23(12)21-15/h9H,2-7,10H2,1H3,(H,19,20). The summed E-state index contributed by atoms with van der Waals surface area (Å²) in [5.74, 6) is 1.44. The molecule has 2 aromatic rings. The lowest BCUT2D eigenvalue weighted by molar-refractivity contribution is 0.485. The van der Waals surface area contributed by atoms with Gasteiger partial charge in [0.05, 0.1) is 11.9 Å². The predicted octanol–water partition coefficient (Wildman–Crippen LogP) is 3.41. The van der Waals surface area contributed by atoms with Crippen LogP contribution < -0.4 is 4.90 Å². The van der Waals surface area contributed by atoms with E-state index in [0.29, 0.717) is 16.4 Å². The number of nitrogens with zero attached hydrogens (tertiary/aromatic N) is 5. The van der Waals surface area contributed by atoms with Gasteiger partial charge >= 0.3 is 0 Å². The average Bonchev–Trinajstić information content (AvgIpc) is 3.00. The van der Waals surface area contributed by atoms with E-state index in [1.807, 2.05) is 9.58 Å². The number of rotatable bonds is 4. The van der Waals surface area contributed by atoms with Crippen LogP contribution in [0.1, 0.15) is 43.9 Å². The van der Waals surface area contributed by atoms with Gasteiger partial charge < -0.3 is 4.90 Å². The molecule has 0 atom stereocenters. The van der Waals surface area contributed by atoms with E-state index in [1.165, 1.54) is 12.8 Å². The summed E-state index contributed by atoms with van der Waals surface area (Å²) in [5, 5.41) is 21.8. The summed E-state index contributed by atoms with van der Waals surface area (Å²) < 4.78 is 2.02. The number of H-pyrrole nitrogens is 1. The van der Waals surface area contributed by atoms with E-state index in [-0.39, 0.29) is 5.41 Å². The molecule has 1 N–H and O–H groups in total. The molecular weight excluding hydrogens is 312 g/mol. The molecule has 1 aliphatic heterocycles. The topological polar surface area (TPSA) is 73.5 Å². The Kier molecular flexibility index (Phi) is 3.34. The number of nitriles is 1. The van der Waals surface area contributed by atoms with Gasteiger partial charge in [-0.3, -0.25) is 9.78 Å². The van der Waals surface area contributed by atoms with E-state index in [0.717, 1.165) is 43.9 Å². The number of fused-ring (bicyclic) bond motifs is 1. The van der Waals surface area contributed by atoms with Gasteiger partial charge in [-0.05, 0) is 37.5 Å². The van der Waals surface area contributed by atoms with Crippen molar-refractivity contribution in [2.24, 2.45) is 5.41 Å². The van der Waals surface area contributed by atoms with Gasteiger partial charge in [-0.2, -0.15) is 15.5 Å². The van der Waals surface area contributed by atoms with Gasteiger partial charge in [0.1, 0.15) is 22.5 Å². The van der Waals surface area contributed by atoms with Crippen molar-refractivity contribution in [3.05, 3.63) is 22.5 Å². The molecule has 0 bridgehead atoms. The summed E-state index contributed by atoms with van der Waals surface area (Å²) in [6.07, 6.45) is 7.17. The zero-order chi connectivity index (χ0) is 16.0. The summed E-state index contributed by atoms with van der Waals surface area (Å²) in [4.78, 5) is 2.05. The van der Waals surface area contributed by atoms with E-state index in [1.54, 1.807) is 6.20 Å². The van der Waals surface area contributed by atoms with E-state index in [2.05, 4.69) is 23.2 Å². The minimum atomic E-state index is 0.255. The van der Waals surface area contributed by atoms with Crippen LogP contribution in [0.2, 0.25) is 5.02 Å².